The monoisotopic (exact) mass is 347 g/mol. The second kappa shape index (κ2) is 6.75. The molecule has 2 aliphatic rings. The predicted octanol–water partition coefficient (Wildman–Crippen LogP) is 1.70. The summed E-state index contributed by atoms with van der Waals surface area (Å²) in [6.45, 7) is 5.19. The van der Waals surface area contributed by atoms with Crippen LogP contribution in [0.15, 0.2) is 24.3 Å². The van der Waals surface area contributed by atoms with Gasteiger partial charge in [0.1, 0.15) is 5.82 Å². The Morgan fingerprint density at radius 2 is 2.08 bits per heavy atom. The highest BCUT2D eigenvalue weighted by molar-refractivity contribution is 5.96. The molecule has 0 radical (unpaired) electrons. The van der Waals surface area contributed by atoms with Crippen LogP contribution >= 0.6 is 0 Å². The van der Waals surface area contributed by atoms with Gasteiger partial charge >= 0.3 is 0 Å². The maximum atomic E-state index is 13.9. The molecule has 2 heterocycles. The molecule has 0 aliphatic carbocycles. The molecule has 5 nitrogen and oxygen atoms in total. The lowest BCUT2D eigenvalue weighted by molar-refractivity contribution is -0.137. The van der Waals surface area contributed by atoms with Gasteiger partial charge in [-0.1, -0.05) is 19.1 Å². The quantitative estimate of drug-likeness (QED) is 0.833. The van der Waals surface area contributed by atoms with Gasteiger partial charge in [-0.05, 0) is 38.6 Å². The van der Waals surface area contributed by atoms with E-state index in [0.29, 0.717) is 19.6 Å². The van der Waals surface area contributed by atoms with E-state index in [9.17, 15) is 14.0 Å². The van der Waals surface area contributed by atoms with Crippen molar-refractivity contribution in [3.8, 4) is 0 Å². The molecule has 6 heteroatoms. The van der Waals surface area contributed by atoms with E-state index >= 15 is 0 Å². The van der Waals surface area contributed by atoms with Crippen molar-refractivity contribution in [2.45, 2.75) is 13.3 Å². The smallest absolute Gasteiger partial charge is 0.256 e. The molecule has 0 aromatic heterocycles. The van der Waals surface area contributed by atoms with Crippen molar-refractivity contribution in [2.24, 2.45) is 11.3 Å². The molecule has 0 unspecified atom stereocenters. The van der Waals surface area contributed by atoms with Gasteiger partial charge in [-0.15, -0.1) is 0 Å². The number of carbonyl (C=O) groups excluding carboxylic acids is 2. The third-order valence-corrected chi connectivity index (χ3v) is 5.66. The molecule has 1 aromatic carbocycles. The molecule has 2 amide bonds. The van der Waals surface area contributed by atoms with Crippen LogP contribution in [0.25, 0.3) is 0 Å². The molecule has 2 fully saturated rings. The van der Waals surface area contributed by atoms with E-state index < -0.39 is 11.2 Å². The zero-order chi connectivity index (χ0) is 18.2. The average molecular weight is 347 g/mol. The molecule has 2 aliphatic heterocycles. The maximum Gasteiger partial charge on any atom is 0.256 e. The first-order valence-corrected chi connectivity index (χ1v) is 8.83. The van der Waals surface area contributed by atoms with E-state index in [2.05, 4.69) is 4.90 Å². The van der Waals surface area contributed by atoms with Crippen LogP contribution in [-0.4, -0.2) is 73.3 Å². The van der Waals surface area contributed by atoms with Crippen molar-refractivity contribution < 1.29 is 14.0 Å². The van der Waals surface area contributed by atoms with Gasteiger partial charge in [0, 0.05) is 32.7 Å². The van der Waals surface area contributed by atoms with Crippen LogP contribution in [0.3, 0.4) is 0 Å². The van der Waals surface area contributed by atoms with Crippen LogP contribution in [0.4, 0.5) is 4.39 Å². The molecule has 2 atom stereocenters. The fourth-order valence-corrected chi connectivity index (χ4v) is 4.02. The molecule has 25 heavy (non-hydrogen) atoms. The largest absolute Gasteiger partial charge is 0.341 e. The van der Waals surface area contributed by atoms with E-state index in [4.69, 9.17) is 0 Å². The van der Waals surface area contributed by atoms with E-state index in [1.54, 1.807) is 17.0 Å². The number of carbonyl (C=O) groups is 2. The van der Waals surface area contributed by atoms with Gasteiger partial charge < -0.3 is 14.7 Å². The lowest BCUT2D eigenvalue weighted by atomic mass is 9.78. The zero-order valence-corrected chi connectivity index (χ0v) is 15.2. The SMILES string of the molecule is C[C@H]1CN(C(=O)c2ccccc2F)C[C@@]12CCN(CCN(C)C)C2=O. The summed E-state index contributed by atoms with van der Waals surface area (Å²) in [5, 5.41) is 0. The molecule has 2 saturated heterocycles. The maximum absolute atomic E-state index is 13.9. The van der Waals surface area contributed by atoms with Gasteiger partial charge in [-0.3, -0.25) is 9.59 Å². The first-order valence-electron chi connectivity index (χ1n) is 8.83. The Balaban J connectivity index is 1.74. The Morgan fingerprint density at radius 3 is 2.76 bits per heavy atom. The molecule has 3 rings (SSSR count). The summed E-state index contributed by atoms with van der Waals surface area (Å²) in [6.07, 6.45) is 0.765. The average Bonchev–Trinajstić information content (AvgIpc) is 3.07. The lowest BCUT2D eigenvalue weighted by Gasteiger charge is -2.27. The predicted molar refractivity (Wildman–Crippen MR) is 93.7 cm³/mol. The van der Waals surface area contributed by atoms with Gasteiger partial charge in [-0.2, -0.15) is 0 Å². The molecule has 1 aromatic rings. The molecular weight excluding hydrogens is 321 g/mol. The van der Waals surface area contributed by atoms with Crippen molar-refractivity contribution in [1.82, 2.24) is 14.7 Å². The van der Waals surface area contributed by atoms with E-state index in [1.807, 2.05) is 25.9 Å². The number of rotatable bonds is 4. The molecule has 0 saturated carbocycles. The first kappa shape index (κ1) is 17.9. The van der Waals surface area contributed by atoms with Gasteiger partial charge in [0.05, 0.1) is 11.0 Å². The minimum atomic E-state index is -0.508. The molecular formula is C19H26FN3O2. The Hall–Kier alpha value is -1.95. The first-order chi connectivity index (χ1) is 11.8. The van der Waals surface area contributed by atoms with Crippen molar-refractivity contribution in [3.05, 3.63) is 35.6 Å². The number of nitrogens with zero attached hydrogens (tertiary/aromatic N) is 3. The third-order valence-electron chi connectivity index (χ3n) is 5.66. The number of halogens is 1. The van der Waals surface area contributed by atoms with Crippen molar-refractivity contribution >= 4 is 11.8 Å². The van der Waals surface area contributed by atoms with Crippen molar-refractivity contribution in [3.63, 3.8) is 0 Å². The zero-order valence-electron chi connectivity index (χ0n) is 15.2. The van der Waals surface area contributed by atoms with Crippen molar-refractivity contribution in [2.75, 3.05) is 46.8 Å². The van der Waals surface area contributed by atoms with Gasteiger partial charge in [0.2, 0.25) is 5.91 Å². The summed E-state index contributed by atoms with van der Waals surface area (Å²) >= 11 is 0. The minimum absolute atomic E-state index is 0.0834. The molecule has 0 N–H and O–H groups in total. The third kappa shape index (κ3) is 3.15. The summed E-state index contributed by atoms with van der Waals surface area (Å²) in [7, 11) is 3.98. The van der Waals surface area contributed by atoms with Gasteiger partial charge in [0.15, 0.2) is 0 Å². The number of amides is 2. The summed E-state index contributed by atoms with van der Waals surface area (Å²) < 4.78 is 13.9. The fraction of sp³-hybridized carbons (Fsp3) is 0.579. The molecule has 0 bridgehead atoms. The molecule has 136 valence electrons. The number of benzene rings is 1. The van der Waals surface area contributed by atoms with Gasteiger partial charge in [-0.25, -0.2) is 4.39 Å². The minimum Gasteiger partial charge on any atom is -0.341 e. The summed E-state index contributed by atoms with van der Waals surface area (Å²) in [6, 6.07) is 6.04. The van der Waals surface area contributed by atoms with Crippen LogP contribution in [0.2, 0.25) is 0 Å². The highest BCUT2D eigenvalue weighted by Gasteiger charge is 2.55. The Morgan fingerprint density at radius 1 is 1.36 bits per heavy atom. The normalized spacial score (nSPS) is 26.3. The highest BCUT2D eigenvalue weighted by atomic mass is 19.1. The van der Waals surface area contributed by atoms with Crippen LogP contribution in [0.1, 0.15) is 23.7 Å². The lowest BCUT2D eigenvalue weighted by Crippen LogP contribution is -2.42. The highest BCUT2D eigenvalue weighted by Crippen LogP contribution is 2.45. The van der Waals surface area contributed by atoms with Crippen molar-refractivity contribution in [1.29, 1.82) is 0 Å². The topological polar surface area (TPSA) is 43.9 Å². The van der Waals surface area contributed by atoms with E-state index in [0.717, 1.165) is 19.5 Å². The van der Waals surface area contributed by atoms with Gasteiger partial charge in [0.25, 0.3) is 5.91 Å². The second-order valence-corrected chi connectivity index (χ2v) is 7.57. The second-order valence-electron chi connectivity index (χ2n) is 7.57. The summed E-state index contributed by atoms with van der Waals surface area (Å²) in [5.41, 5.74) is -0.422. The number of likely N-dealkylation sites (tertiary alicyclic amines) is 2. The van der Waals surface area contributed by atoms with Crippen LogP contribution in [-0.2, 0) is 4.79 Å². The van der Waals surface area contributed by atoms with Crippen LogP contribution in [0.5, 0.6) is 0 Å². The van der Waals surface area contributed by atoms with E-state index in [-0.39, 0.29) is 23.3 Å². The summed E-state index contributed by atoms with van der Waals surface area (Å²) in [4.78, 5) is 31.3. The Bertz CT molecular complexity index is 678. The summed E-state index contributed by atoms with van der Waals surface area (Å²) in [5.74, 6) is -0.599. The Kier molecular flexibility index (Phi) is 4.82. The van der Waals surface area contributed by atoms with Crippen LogP contribution in [0, 0.1) is 17.2 Å². The standard InChI is InChI=1S/C19H26FN3O2/c1-14-12-23(17(24)15-6-4-5-7-16(15)20)13-19(14)8-9-22(18(19)25)11-10-21(2)3/h4-7,14H,8-13H2,1-3H3/t14-,19-/m0/s1. The number of likely N-dealkylation sites (N-methyl/N-ethyl adjacent to an activating group) is 1. The number of hydrogen-bond donors (Lipinski definition) is 0. The number of hydrogen-bond acceptors (Lipinski definition) is 3. The Labute approximate surface area is 148 Å². The van der Waals surface area contributed by atoms with E-state index in [1.165, 1.54) is 12.1 Å². The fourth-order valence-electron chi connectivity index (χ4n) is 4.02. The molecule has 1 spiro atoms. The van der Waals surface area contributed by atoms with Crippen LogP contribution < -0.4 is 0 Å².